The minimum atomic E-state index is -0.155. The van der Waals surface area contributed by atoms with Gasteiger partial charge in [-0.3, -0.25) is 9.59 Å². The zero-order valence-corrected chi connectivity index (χ0v) is 12.6. The third-order valence-corrected chi connectivity index (χ3v) is 3.48. The van der Waals surface area contributed by atoms with Gasteiger partial charge >= 0.3 is 0 Å². The highest BCUT2D eigenvalue weighted by molar-refractivity contribution is 5.94. The predicted molar refractivity (Wildman–Crippen MR) is 80.5 cm³/mol. The van der Waals surface area contributed by atoms with Gasteiger partial charge in [0.1, 0.15) is 6.61 Å². The normalized spacial score (nSPS) is 18.5. The lowest BCUT2D eigenvalue weighted by molar-refractivity contribution is -0.146. The number of carbonyl (C=O) groups excluding carboxylic acids is 2. The van der Waals surface area contributed by atoms with Gasteiger partial charge in [0.05, 0.1) is 6.10 Å². The molecule has 0 radical (unpaired) electrons. The van der Waals surface area contributed by atoms with Crippen molar-refractivity contribution in [2.45, 2.75) is 6.10 Å². The van der Waals surface area contributed by atoms with Crippen LogP contribution < -0.4 is 10.2 Å². The van der Waals surface area contributed by atoms with Crippen molar-refractivity contribution < 1.29 is 14.3 Å². The number of carbonyl (C=O) groups is 2. The smallest absolute Gasteiger partial charge is 0.251 e. The van der Waals surface area contributed by atoms with E-state index in [-0.39, 0.29) is 24.5 Å². The first-order valence-electron chi connectivity index (χ1n) is 6.88. The number of anilines is 1. The summed E-state index contributed by atoms with van der Waals surface area (Å²) in [6.07, 6.45) is -0.155. The number of benzene rings is 1. The summed E-state index contributed by atoms with van der Waals surface area (Å²) in [7, 11) is 5.64. The number of amides is 2. The van der Waals surface area contributed by atoms with Crippen LogP contribution in [0.4, 0.5) is 5.69 Å². The third kappa shape index (κ3) is 3.95. The molecule has 6 heteroatoms. The van der Waals surface area contributed by atoms with Gasteiger partial charge in [-0.2, -0.15) is 0 Å². The number of hydrogen-bond acceptors (Lipinski definition) is 4. The lowest BCUT2D eigenvalue weighted by Gasteiger charge is -2.29. The molecule has 1 aromatic carbocycles. The molecule has 0 bridgehead atoms. The van der Waals surface area contributed by atoms with Gasteiger partial charge in [0.2, 0.25) is 5.91 Å². The molecule has 1 aliphatic heterocycles. The molecule has 6 nitrogen and oxygen atoms in total. The Labute approximate surface area is 124 Å². The second-order valence-electron chi connectivity index (χ2n) is 5.36. The van der Waals surface area contributed by atoms with Gasteiger partial charge in [0, 0.05) is 45.5 Å². The molecule has 114 valence electrons. The molecule has 1 aromatic rings. The van der Waals surface area contributed by atoms with E-state index < -0.39 is 0 Å². The van der Waals surface area contributed by atoms with Crippen LogP contribution in [0.15, 0.2) is 24.3 Å². The van der Waals surface area contributed by atoms with Crippen molar-refractivity contribution in [3.05, 3.63) is 29.8 Å². The van der Waals surface area contributed by atoms with Gasteiger partial charge in [-0.05, 0) is 24.3 Å². The molecular weight excluding hydrogens is 270 g/mol. The van der Waals surface area contributed by atoms with E-state index in [1.54, 1.807) is 24.1 Å². The molecule has 1 fully saturated rings. The number of nitrogens with one attached hydrogen (secondary N) is 1. The van der Waals surface area contributed by atoms with Crippen molar-refractivity contribution in [1.82, 2.24) is 10.2 Å². The van der Waals surface area contributed by atoms with E-state index in [1.165, 1.54) is 0 Å². The zero-order chi connectivity index (χ0) is 15.4. The van der Waals surface area contributed by atoms with E-state index in [0.717, 1.165) is 5.69 Å². The summed E-state index contributed by atoms with van der Waals surface area (Å²) in [5.41, 5.74) is 1.66. The van der Waals surface area contributed by atoms with Gasteiger partial charge in [0.25, 0.3) is 5.91 Å². The van der Waals surface area contributed by atoms with Crippen LogP contribution in [-0.2, 0) is 9.53 Å². The van der Waals surface area contributed by atoms with E-state index in [0.29, 0.717) is 18.7 Å². The van der Waals surface area contributed by atoms with Crippen molar-refractivity contribution in [3.63, 3.8) is 0 Å². The van der Waals surface area contributed by atoms with Crippen LogP contribution in [-0.4, -0.2) is 63.7 Å². The first kappa shape index (κ1) is 15.3. The second kappa shape index (κ2) is 6.58. The predicted octanol–water partition coefficient (Wildman–Crippen LogP) is 0.340. The number of nitrogens with zero attached hydrogens (tertiary/aromatic N) is 2. The molecule has 1 N–H and O–H groups in total. The van der Waals surface area contributed by atoms with Crippen LogP contribution in [0.2, 0.25) is 0 Å². The van der Waals surface area contributed by atoms with E-state index in [9.17, 15) is 9.59 Å². The Morgan fingerprint density at radius 3 is 2.62 bits per heavy atom. The Bertz CT molecular complexity index is 513. The van der Waals surface area contributed by atoms with Crippen LogP contribution in [0.25, 0.3) is 0 Å². The fraction of sp³-hybridized carbons (Fsp3) is 0.467. The van der Waals surface area contributed by atoms with E-state index in [4.69, 9.17) is 4.74 Å². The summed E-state index contributed by atoms with van der Waals surface area (Å²) in [6, 6.07) is 7.39. The van der Waals surface area contributed by atoms with Crippen molar-refractivity contribution >= 4 is 17.5 Å². The van der Waals surface area contributed by atoms with E-state index in [2.05, 4.69) is 5.32 Å². The van der Waals surface area contributed by atoms with Crippen molar-refractivity contribution in [2.24, 2.45) is 0 Å². The van der Waals surface area contributed by atoms with Crippen LogP contribution >= 0.6 is 0 Å². The maximum atomic E-state index is 12.1. The monoisotopic (exact) mass is 291 g/mol. The maximum absolute atomic E-state index is 12.1. The maximum Gasteiger partial charge on any atom is 0.251 e. The SMILES string of the molecule is CN1CC(CNC(=O)c2ccc(N(C)C)cc2)OCC1=O. The molecular formula is C15H21N3O3. The fourth-order valence-corrected chi connectivity index (χ4v) is 2.10. The van der Waals surface area contributed by atoms with Crippen molar-refractivity contribution in [1.29, 1.82) is 0 Å². The molecule has 1 atom stereocenters. The lowest BCUT2D eigenvalue weighted by atomic mass is 10.2. The van der Waals surface area contributed by atoms with Crippen LogP contribution in [0.5, 0.6) is 0 Å². The van der Waals surface area contributed by atoms with Crippen LogP contribution in [0.1, 0.15) is 10.4 Å². The van der Waals surface area contributed by atoms with Crippen molar-refractivity contribution in [2.75, 3.05) is 45.7 Å². The summed E-state index contributed by atoms with van der Waals surface area (Å²) in [5, 5.41) is 2.84. The quantitative estimate of drug-likeness (QED) is 0.869. The summed E-state index contributed by atoms with van der Waals surface area (Å²) >= 11 is 0. The molecule has 2 amide bonds. The lowest BCUT2D eigenvalue weighted by Crippen LogP contribution is -2.48. The summed E-state index contributed by atoms with van der Waals surface area (Å²) in [4.78, 5) is 26.9. The number of hydrogen-bond donors (Lipinski definition) is 1. The topological polar surface area (TPSA) is 61.9 Å². The highest BCUT2D eigenvalue weighted by atomic mass is 16.5. The molecule has 0 aliphatic carbocycles. The first-order chi connectivity index (χ1) is 9.97. The third-order valence-electron chi connectivity index (χ3n) is 3.48. The van der Waals surface area contributed by atoms with E-state index >= 15 is 0 Å². The van der Waals surface area contributed by atoms with Crippen LogP contribution in [0, 0.1) is 0 Å². The first-order valence-corrected chi connectivity index (χ1v) is 6.88. The number of morpholine rings is 1. The highest BCUT2D eigenvalue weighted by Gasteiger charge is 2.23. The number of rotatable bonds is 4. The Balaban J connectivity index is 1.85. The molecule has 2 rings (SSSR count). The molecule has 0 saturated carbocycles. The average molecular weight is 291 g/mol. The Morgan fingerprint density at radius 2 is 2.05 bits per heavy atom. The Morgan fingerprint density at radius 1 is 1.38 bits per heavy atom. The fourth-order valence-electron chi connectivity index (χ4n) is 2.10. The minimum Gasteiger partial charge on any atom is -0.378 e. The average Bonchev–Trinajstić information content (AvgIpc) is 2.48. The Hall–Kier alpha value is -2.08. The summed E-state index contributed by atoms with van der Waals surface area (Å²) in [5.74, 6) is -0.166. The summed E-state index contributed by atoms with van der Waals surface area (Å²) < 4.78 is 5.38. The van der Waals surface area contributed by atoms with Crippen LogP contribution in [0.3, 0.4) is 0 Å². The van der Waals surface area contributed by atoms with Gasteiger partial charge in [-0.25, -0.2) is 0 Å². The largest absolute Gasteiger partial charge is 0.378 e. The standard InChI is InChI=1S/C15H21N3O3/c1-17(2)12-6-4-11(5-7-12)15(20)16-8-13-9-18(3)14(19)10-21-13/h4-7,13H,8-10H2,1-3H3,(H,16,20). The van der Waals surface area contributed by atoms with Gasteiger partial charge in [-0.15, -0.1) is 0 Å². The molecule has 1 aliphatic rings. The molecule has 0 spiro atoms. The molecule has 0 aromatic heterocycles. The molecule has 21 heavy (non-hydrogen) atoms. The minimum absolute atomic E-state index is 0.0307. The summed E-state index contributed by atoms with van der Waals surface area (Å²) in [6.45, 7) is 0.971. The molecule has 1 unspecified atom stereocenters. The highest BCUT2D eigenvalue weighted by Crippen LogP contribution is 2.12. The number of likely N-dealkylation sites (N-methyl/N-ethyl adjacent to an activating group) is 1. The van der Waals surface area contributed by atoms with Crippen molar-refractivity contribution in [3.8, 4) is 0 Å². The molecule has 1 heterocycles. The zero-order valence-electron chi connectivity index (χ0n) is 12.6. The Kier molecular flexibility index (Phi) is 4.80. The van der Waals surface area contributed by atoms with Gasteiger partial charge in [0.15, 0.2) is 0 Å². The molecule has 1 saturated heterocycles. The van der Waals surface area contributed by atoms with Gasteiger partial charge in [-0.1, -0.05) is 0 Å². The second-order valence-corrected chi connectivity index (χ2v) is 5.36. The van der Waals surface area contributed by atoms with Gasteiger partial charge < -0.3 is 19.9 Å². The number of ether oxygens (including phenoxy) is 1. The van der Waals surface area contributed by atoms with E-state index in [1.807, 2.05) is 31.1 Å².